The van der Waals surface area contributed by atoms with Crippen molar-refractivity contribution in [3.63, 3.8) is 0 Å². The number of imidazole rings is 1. The van der Waals surface area contributed by atoms with E-state index in [1.54, 1.807) is 12.1 Å². The standard InChI is InChI=1S/C14H18N2O3S2/c1-14(7-4-8-19-14)9-16-10-5-3-6-11(21(2,17)18)12(10)15-13(16)20/h3,5-6H,4,7-9H2,1-2H3,(H,15,20). The van der Waals surface area contributed by atoms with E-state index in [-0.39, 0.29) is 10.5 Å². The van der Waals surface area contributed by atoms with Crippen molar-refractivity contribution in [2.45, 2.75) is 36.8 Å². The lowest BCUT2D eigenvalue weighted by Gasteiger charge is -2.23. The average Bonchev–Trinajstić information content (AvgIpc) is 2.94. The van der Waals surface area contributed by atoms with E-state index >= 15 is 0 Å². The molecule has 1 fully saturated rings. The van der Waals surface area contributed by atoms with Gasteiger partial charge < -0.3 is 14.3 Å². The molecule has 2 heterocycles. The van der Waals surface area contributed by atoms with Gasteiger partial charge in [0.15, 0.2) is 14.6 Å². The van der Waals surface area contributed by atoms with Crippen molar-refractivity contribution in [2.24, 2.45) is 0 Å². The van der Waals surface area contributed by atoms with Crippen LogP contribution in [0.4, 0.5) is 0 Å². The van der Waals surface area contributed by atoms with E-state index in [9.17, 15) is 8.42 Å². The molecule has 1 aromatic heterocycles. The van der Waals surface area contributed by atoms with Gasteiger partial charge in [-0.15, -0.1) is 0 Å². The summed E-state index contributed by atoms with van der Waals surface area (Å²) in [6.07, 6.45) is 3.23. The van der Waals surface area contributed by atoms with Gasteiger partial charge in [-0.1, -0.05) is 6.07 Å². The van der Waals surface area contributed by atoms with Crippen molar-refractivity contribution in [1.82, 2.24) is 9.55 Å². The molecule has 114 valence electrons. The minimum atomic E-state index is -3.30. The van der Waals surface area contributed by atoms with Gasteiger partial charge in [-0.3, -0.25) is 0 Å². The van der Waals surface area contributed by atoms with Gasteiger partial charge in [0.2, 0.25) is 0 Å². The van der Waals surface area contributed by atoms with Crippen LogP contribution in [0.15, 0.2) is 23.1 Å². The summed E-state index contributed by atoms with van der Waals surface area (Å²) in [6, 6.07) is 5.23. The van der Waals surface area contributed by atoms with E-state index in [0.717, 1.165) is 25.0 Å². The van der Waals surface area contributed by atoms with E-state index in [0.29, 0.717) is 16.8 Å². The lowest BCUT2D eigenvalue weighted by molar-refractivity contribution is 0.00679. The summed E-state index contributed by atoms with van der Waals surface area (Å²) in [7, 11) is -3.30. The van der Waals surface area contributed by atoms with Gasteiger partial charge in [-0.25, -0.2) is 8.42 Å². The largest absolute Gasteiger partial charge is 0.373 e. The van der Waals surface area contributed by atoms with Gasteiger partial charge in [0.1, 0.15) is 0 Å². The van der Waals surface area contributed by atoms with Crippen LogP contribution in [0.25, 0.3) is 11.0 Å². The van der Waals surface area contributed by atoms with E-state index in [2.05, 4.69) is 11.9 Å². The topological polar surface area (TPSA) is 64.1 Å². The number of hydrogen-bond donors (Lipinski definition) is 1. The first-order valence-corrected chi connectivity index (χ1v) is 9.16. The molecule has 1 aromatic carbocycles. The lowest BCUT2D eigenvalue weighted by Crippen LogP contribution is -2.29. The summed E-state index contributed by atoms with van der Waals surface area (Å²) in [5.41, 5.74) is 1.14. The quantitative estimate of drug-likeness (QED) is 0.881. The second-order valence-electron chi connectivity index (χ2n) is 5.84. The Kier molecular flexibility index (Phi) is 3.46. The number of nitrogens with one attached hydrogen (secondary N) is 1. The molecule has 1 aliphatic heterocycles. The highest BCUT2D eigenvalue weighted by Gasteiger charge is 2.31. The zero-order chi connectivity index (χ0) is 15.3. The zero-order valence-electron chi connectivity index (χ0n) is 12.0. The maximum Gasteiger partial charge on any atom is 0.178 e. The molecular weight excluding hydrogens is 308 g/mol. The van der Waals surface area contributed by atoms with E-state index in [4.69, 9.17) is 17.0 Å². The molecule has 1 N–H and O–H groups in total. The van der Waals surface area contributed by atoms with Crippen LogP contribution in [0.3, 0.4) is 0 Å². The maximum absolute atomic E-state index is 11.9. The molecule has 1 saturated heterocycles. The number of hydrogen-bond acceptors (Lipinski definition) is 4. The van der Waals surface area contributed by atoms with Crippen LogP contribution in [0.2, 0.25) is 0 Å². The Morgan fingerprint density at radius 3 is 2.86 bits per heavy atom. The molecule has 1 aliphatic rings. The molecule has 0 radical (unpaired) electrons. The number of ether oxygens (including phenoxy) is 1. The Balaban J connectivity index is 2.17. The summed E-state index contributed by atoms with van der Waals surface area (Å²) in [5, 5.41) is 0. The normalized spacial score (nSPS) is 23.0. The number of nitrogens with zero attached hydrogens (tertiary/aromatic N) is 1. The first kappa shape index (κ1) is 14.7. The summed E-state index contributed by atoms with van der Waals surface area (Å²) in [4.78, 5) is 3.32. The van der Waals surface area contributed by atoms with Gasteiger partial charge in [0.25, 0.3) is 0 Å². The van der Waals surface area contributed by atoms with Gasteiger partial charge >= 0.3 is 0 Å². The second-order valence-corrected chi connectivity index (χ2v) is 8.21. The number of rotatable bonds is 3. The first-order valence-electron chi connectivity index (χ1n) is 6.86. The third-order valence-corrected chi connectivity index (χ3v) is 5.43. The molecule has 21 heavy (non-hydrogen) atoms. The molecule has 7 heteroatoms. The summed E-state index contributed by atoms with van der Waals surface area (Å²) >= 11 is 5.38. The van der Waals surface area contributed by atoms with Crippen LogP contribution in [-0.2, 0) is 21.1 Å². The Morgan fingerprint density at radius 1 is 1.48 bits per heavy atom. The van der Waals surface area contributed by atoms with Gasteiger partial charge in [-0.2, -0.15) is 0 Å². The minimum Gasteiger partial charge on any atom is -0.373 e. The van der Waals surface area contributed by atoms with Crippen molar-refractivity contribution in [3.8, 4) is 0 Å². The molecule has 0 saturated carbocycles. The number of aromatic amines is 1. The number of aromatic nitrogens is 2. The zero-order valence-corrected chi connectivity index (χ0v) is 13.7. The van der Waals surface area contributed by atoms with Gasteiger partial charge in [0.05, 0.1) is 28.1 Å². The smallest absolute Gasteiger partial charge is 0.178 e. The van der Waals surface area contributed by atoms with Crippen molar-refractivity contribution < 1.29 is 13.2 Å². The second kappa shape index (κ2) is 4.93. The predicted molar refractivity (Wildman–Crippen MR) is 83.8 cm³/mol. The third-order valence-electron chi connectivity index (χ3n) is 3.96. The van der Waals surface area contributed by atoms with Crippen LogP contribution in [0.5, 0.6) is 0 Å². The number of benzene rings is 1. The SMILES string of the molecule is CC1(Cn2c(=S)[nH]c3c(S(C)(=O)=O)cccc32)CCCO1. The average molecular weight is 326 g/mol. The van der Waals surface area contributed by atoms with E-state index in [1.807, 2.05) is 10.6 Å². The molecule has 5 nitrogen and oxygen atoms in total. The van der Waals surface area contributed by atoms with Crippen molar-refractivity contribution in [2.75, 3.05) is 12.9 Å². The monoisotopic (exact) mass is 326 g/mol. The highest BCUT2D eigenvalue weighted by atomic mass is 32.2. The fourth-order valence-corrected chi connectivity index (χ4v) is 4.03. The lowest BCUT2D eigenvalue weighted by atomic mass is 10.0. The fraction of sp³-hybridized carbons (Fsp3) is 0.500. The molecule has 0 spiro atoms. The summed E-state index contributed by atoms with van der Waals surface area (Å²) < 4.78 is 32.1. The summed E-state index contributed by atoms with van der Waals surface area (Å²) in [6.45, 7) is 3.46. The van der Waals surface area contributed by atoms with Crippen LogP contribution < -0.4 is 0 Å². The molecule has 2 aromatic rings. The number of sulfone groups is 1. The molecular formula is C14H18N2O3S2. The molecule has 0 bridgehead atoms. The fourth-order valence-electron chi connectivity index (χ4n) is 2.92. The molecule has 1 atom stereocenters. The number of H-pyrrole nitrogens is 1. The van der Waals surface area contributed by atoms with E-state index < -0.39 is 9.84 Å². The molecule has 0 aliphatic carbocycles. The molecule has 0 amide bonds. The number of fused-ring (bicyclic) bond motifs is 1. The Morgan fingerprint density at radius 2 is 2.24 bits per heavy atom. The Labute approximate surface area is 128 Å². The molecule has 3 rings (SSSR count). The minimum absolute atomic E-state index is 0.242. The summed E-state index contributed by atoms with van der Waals surface area (Å²) in [5.74, 6) is 0. The highest BCUT2D eigenvalue weighted by molar-refractivity contribution is 7.91. The molecule has 1 unspecified atom stereocenters. The van der Waals surface area contributed by atoms with Gasteiger partial charge in [-0.05, 0) is 44.1 Å². The number of para-hydroxylation sites is 1. The van der Waals surface area contributed by atoms with Crippen molar-refractivity contribution >= 4 is 33.1 Å². The highest BCUT2D eigenvalue weighted by Crippen LogP contribution is 2.30. The first-order chi connectivity index (χ1) is 9.80. The van der Waals surface area contributed by atoms with E-state index in [1.165, 1.54) is 6.26 Å². The Hall–Kier alpha value is -1.18. The predicted octanol–water partition coefficient (Wildman–Crippen LogP) is 2.67. The van der Waals surface area contributed by atoms with Crippen LogP contribution in [-0.4, -0.2) is 36.4 Å². The van der Waals surface area contributed by atoms with Crippen molar-refractivity contribution in [1.29, 1.82) is 0 Å². The van der Waals surface area contributed by atoms with Gasteiger partial charge in [0, 0.05) is 12.9 Å². The van der Waals surface area contributed by atoms with Crippen LogP contribution in [0, 0.1) is 4.77 Å². The van der Waals surface area contributed by atoms with Crippen LogP contribution in [0.1, 0.15) is 19.8 Å². The third kappa shape index (κ3) is 2.65. The van der Waals surface area contributed by atoms with Crippen molar-refractivity contribution in [3.05, 3.63) is 23.0 Å². The van der Waals surface area contributed by atoms with Crippen LogP contribution >= 0.6 is 12.2 Å². The maximum atomic E-state index is 11.9. The Bertz CT molecular complexity index is 843.